The molecule has 2 heteroatoms. The molecule has 0 saturated heterocycles. The third-order valence-electron chi connectivity index (χ3n) is 3.23. The smallest absolute Gasteiger partial charge is 0.165 e. The van der Waals surface area contributed by atoms with Crippen molar-refractivity contribution in [1.29, 1.82) is 0 Å². The monoisotopic (exact) mass is 241 g/mol. The molecule has 94 valence electrons. The van der Waals surface area contributed by atoms with E-state index in [-0.39, 0.29) is 5.78 Å². The fraction of sp³-hybridized carbons (Fsp3) is 0.375. The standard InChI is InChI=1S/C16H19NO/c1-2-3-4-5-10-16(18)15-12-17-11-13-8-6-7-9-14(13)15/h6-9,11-12H,2-5,10H2,1H3. The number of aromatic nitrogens is 1. The quantitative estimate of drug-likeness (QED) is 0.554. The van der Waals surface area contributed by atoms with Crippen molar-refractivity contribution >= 4 is 16.6 Å². The number of unbranched alkanes of at least 4 members (excludes halogenated alkanes) is 3. The van der Waals surface area contributed by atoms with Gasteiger partial charge >= 0.3 is 0 Å². The van der Waals surface area contributed by atoms with Crippen LogP contribution in [0.1, 0.15) is 49.4 Å². The highest BCUT2D eigenvalue weighted by molar-refractivity contribution is 6.07. The number of carbonyl (C=O) groups is 1. The Bertz CT molecular complexity index is 528. The molecule has 2 nitrogen and oxygen atoms in total. The number of hydrogen-bond acceptors (Lipinski definition) is 2. The van der Waals surface area contributed by atoms with Crippen molar-refractivity contribution in [2.24, 2.45) is 0 Å². The predicted octanol–water partition coefficient (Wildman–Crippen LogP) is 4.39. The number of hydrogen-bond donors (Lipinski definition) is 0. The largest absolute Gasteiger partial charge is 0.294 e. The minimum atomic E-state index is 0.218. The Morgan fingerprint density at radius 3 is 2.78 bits per heavy atom. The fourth-order valence-corrected chi connectivity index (χ4v) is 2.19. The maximum Gasteiger partial charge on any atom is 0.165 e. The van der Waals surface area contributed by atoms with E-state index in [2.05, 4.69) is 11.9 Å². The van der Waals surface area contributed by atoms with Gasteiger partial charge in [-0.3, -0.25) is 9.78 Å². The Morgan fingerprint density at radius 2 is 1.94 bits per heavy atom. The van der Waals surface area contributed by atoms with Crippen LogP contribution in [-0.4, -0.2) is 10.8 Å². The van der Waals surface area contributed by atoms with Gasteiger partial charge in [0.25, 0.3) is 0 Å². The number of Topliss-reactive ketones (excluding diaryl/α,β-unsaturated/α-hetero) is 1. The Labute approximate surface area is 108 Å². The molecule has 0 radical (unpaired) electrons. The van der Waals surface area contributed by atoms with Gasteiger partial charge < -0.3 is 0 Å². The van der Waals surface area contributed by atoms with Crippen LogP contribution < -0.4 is 0 Å². The van der Waals surface area contributed by atoms with E-state index in [4.69, 9.17) is 0 Å². The van der Waals surface area contributed by atoms with Crippen LogP contribution >= 0.6 is 0 Å². The normalized spacial score (nSPS) is 10.7. The molecule has 0 atom stereocenters. The van der Waals surface area contributed by atoms with Crippen molar-refractivity contribution in [2.75, 3.05) is 0 Å². The highest BCUT2D eigenvalue weighted by Crippen LogP contribution is 2.19. The molecule has 2 rings (SSSR count). The number of pyridine rings is 1. The molecular formula is C16H19NO. The SMILES string of the molecule is CCCCCCC(=O)c1cncc2ccccc12. The van der Waals surface area contributed by atoms with Crippen LogP contribution in [0.25, 0.3) is 10.8 Å². The van der Waals surface area contributed by atoms with Crippen LogP contribution in [0, 0.1) is 0 Å². The molecule has 1 aromatic heterocycles. The van der Waals surface area contributed by atoms with E-state index in [1.807, 2.05) is 30.5 Å². The summed E-state index contributed by atoms with van der Waals surface area (Å²) in [4.78, 5) is 16.3. The van der Waals surface area contributed by atoms with Crippen LogP contribution in [0.2, 0.25) is 0 Å². The Balaban J connectivity index is 2.13. The van der Waals surface area contributed by atoms with Crippen molar-refractivity contribution in [1.82, 2.24) is 4.98 Å². The van der Waals surface area contributed by atoms with Crippen molar-refractivity contribution in [3.63, 3.8) is 0 Å². The van der Waals surface area contributed by atoms with Crippen LogP contribution in [-0.2, 0) is 0 Å². The van der Waals surface area contributed by atoms with Gasteiger partial charge in [0.1, 0.15) is 0 Å². The topological polar surface area (TPSA) is 30.0 Å². The lowest BCUT2D eigenvalue weighted by molar-refractivity contribution is 0.0980. The maximum absolute atomic E-state index is 12.2. The lowest BCUT2D eigenvalue weighted by Crippen LogP contribution is -2.00. The molecule has 1 aromatic carbocycles. The second kappa shape index (κ2) is 6.29. The first-order valence-corrected chi connectivity index (χ1v) is 6.69. The number of benzene rings is 1. The summed E-state index contributed by atoms with van der Waals surface area (Å²) in [5.74, 6) is 0.218. The third-order valence-corrected chi connectivity index (χ3v) is 3.23. The van der Waals surface area contributed by atoms with E-state index in [9.17, 15) is 4.79 Å². The minimum absolute atomic E-state index is 0.218. The van der Waals surface area contributed by atoms with Gasteiger partial charge in [-0.05, 0) is 11.8 Å². The van der Waals surface area contributed by atoms with Gasteiger partial charge in [0.15, 0.2) is 5.78 Å². The third kappa shape index (κ3) is 2.95. The average Bonchev–Trinajstić information content (AvgIpc) is 2.43. The van der Waals surface area contributed by atoms with Gasteiger partial charge in [0.2, 0.25) is 0 Å². The lowest BCUT2D eigenvalue weighted by Gasteiger charge is -2.05. The number of fused-ring (bicyclic) bond motifs is 1. The molecule has 0 fully saturated rings. The number of nitrogens with zero attached hydrogens (tertiary/aromatic N) is 1. The second-order valence-corrected chi connectivity index (χ2v) is 4.64. The molecule has 0 aliphatic carbocycles. The fourth-order valence-electron chi connectivity index (χ4n) is 2.19. The summed E-state index contributed by atoms with van der Waals surface area (Å²) in [6.07, 6.45) is 8.67. The molecule has 0 aliphatic heterocycles. The highest BCUT2D eigenvalue weighted by Gasteiger charge is 2.09. The van der Waals surface area contributed by atoms with Gasteiger partial charge in [-0.25, -0.2) is 0 Å². The molecule has 2 aromatic rings. The van der Waals surface area contributed by atoms with Crippen LogP contribution in [0.15, 0.2) is 36.7 Å². The zero-order chi connectivity index (χ0) is 12.8. The maximum atomic E-state index is 12.2. The number of carbonyl (C=O) groups excluding carboxylic acids is 1. The van der Waals surface area contributed by atoms with E-state index in [1.54, 1.807) is 6.20 Å². The lowest BCUT2D eigenvalue weighted by atomic mass is 10.0. The summed E-state index contributed by atoms with van der Waals surface area (Å²) < 4.78 is 0. The van der Waals surface area contributed by atoms with Gasteiger partial charge in [-0.15, -0.1) is 0 Å². The summed E-state index contributed by atoms with van der Waals surface area (Å²) in [7, 11) is 0. The summed E-state index contributed by atoms with van der Waals surface area (Å²) >= 11 is 0. The average molecular weight is 241 g/mol. The van der Waals surface area contributed by atoms with Crippen molar-refractivity contribution in [2.45, 2.75) is 39.0 Å². The molecule has 18 heavy (non-hydrogen) atoms. The van der Waals surface area contributed by atoms with Crippen LogP contribution in [0.5, 0.6) is 0 Å². The first-order valence-electron chi connectivity index (χ1n) is 6.69. The van der Waals surface area contributed by atoms with Crippen molar-refractivity contribution in [3.05, 3.63) is 42.2 Å². The molecule has 0 spiro atoms. The molecule has 0 saturated carbocycles. The predicted molar refractivity (Wildman–Crippen MR) is 74.8 cm³/mol. The summed E-state index contributed by atoms with van der Waals surface area (Å²) in [5.41, 5.74) is 0.768. The van der Waals surface area contributed by atoms with Gasteiger partial charge in [-0.1, -0.05) is 50.5 Å². The van der Waals surface area contributed by atoms with E-state index in [0.717, 1.165) is 29.2 Å². The summed E-state index contributed by atoms with van der Waals surface area (Å²) in [6.45, 7) is 2.18. The zero-order valence-corrected chi connectivity index (χ0v) is 10.9. The molecule has 0 aliphatic rings. The molecular weight excluding hydrogens is 222 g/mol. The Kier molecular flexibility index (Phi) is 4.46. The molecule has 0 bridgehead atoms. The van der Waals surface area contributed by atoms with E-state index < -0.39 is 0 Å². The van der Waals surface area contributed by atoms with Gasteiger partial charge in [0, 0.05) is 29.8 Å². The van der Waals surface area contributed by atoms with Gasteiger partial charge in [-0.2, -0.15) is 0 Å². The van der Waals surface area contributed by atoms with Gasteiger partial charge in [0.05, 0.1) is 0 Å². The van der Waals surface area contributed by atoms with E-state index in [1.165, 1.54) is 12.8 Å². The molecule has 0 unspecified atom stereocenters. The van der Waals surface area contributed by atoms with Crippen molar-refractivity contribution in [3.8, 4) is 0 Å². The first-order chi connectivity index (χ1) is 8.83. The zero-order valence-electron chi connectivity index (χ0n) is 10.9. The Hall–Kier alpha value is -1.70. The molecule has 1 heterocycles. The minimum Gasteiger partial charge on any atom is -0.294 e. The second-order valence-electron chi connectivity index (χ2n) is 4.64. The van der Waals surface area contributed by atoms with Crippen LogP contribution in [0.3, 0.4) is 0 Å². The van der Waals surface area contributed by atoms with E-state index in [0.29, 0.717) is 6.42 Å². The van der Waals surface area contributed by atoms with Crippen LogP contribution in [0.4, 0.5) is 0 Å². The summed E-state index contributed by atoms with van der Waals surface area (Å²) in [6, 6.07) is 7.93. The number of ketones is 1. The van der Waals surface area contributed by atoms with E-state index >= 15 is 0 Å². The summed E-state index contributed by atoms with van der Waals surface area (Å²) in [5, 5.41) is 2.06. The first kappa shape index (κ1) is 12.7. The van der Waals surface area contributed by atoms with Crippen molar-refractivity contribution < 1.29 is 4.79 Å². The highest BCUT2D eigenvalue weighted by atomic mass is 16.1. The Morgan fingerprint density at radius 1 is 1.11 bits per heavy atom. The molecule has 0 N–H and O–H groups in total. The molecule has 0 amide bonds. The number of rotatable bonds is 6.